The van der Waals surface area contributed by atoms with Crippen molar-refractivity contribution >= 4 is 16.8 Å². The number of nitrogens with two attached hydrogens (primary N) is 2. The number of carbonyl (C=O) groups is 1. The molecule has 9 heteroatoms. The van der Waals surface area contributed by atoms with E-state index >= 15 is 0 Å². The molecule has 0 aliphatic carbocycles. The molecule has 2 aromatic heterocycles. The van der Waals surface area contributed by atoms with Gasteiger partial charge in [0.25, 0.3) is 0 Å². The first-order valence-electron chi connectivity index (χ1n) is 13.7. The number of rotatable bonds is 5. The molecule has 38 heavy (non-hydrogen) atoms. The van der Waals surface area contributed by atoms with E-state index in [0.29, 0.717) is 29.3 Å². The lowest BCUT2D eigenvalue weighted by molar-refractivity contribution is -0.191. The fourth-order valence-electron chi connectivity index (χ4n) is 6.71. The number of nitrogen functional groups attached to an aromatic ring is 1. The molecule has 3 aliphatic rings. The van der Waals surface area contributed by atoms with E-state index in [1.54, 1.807) is 0 Å². The number of aromatic nitrogens is 2. The maximum atomic E-state index is 12.9. The second-order valence-electron chi connectivity index (χ2n) is 11.9. The Labute approximate surface area is 223 Å². The molecule has 5 N–H and O–H groups in total. The number of pyridine rings is 1. The monoisotopic (exact) mass is 517 g/mol. The highest BCUT2D eigenvalue weighted by Gasteiger charge is 2.49. The van der Waals surface area contributed by atoms with Gasteiger partial charge in [0.2, 0.25) is 5.91 Å². The van der Waals surface area contributed by atoms with Crippen LogP contribution in [-0.2, 0) is 9.53 Å². The molecule has 9 nitrogen and oxygen atoms in total. The third-order valence-corrected chi connectivity index (χ3v) is 8.71. The summed E-state index contributed by atoms with van der Waals surface area (Å²) >= 11 is 0. The molecule has 3 aliphatic heterocycles. The van der Waals surface area contributed by atoms with E-state index in [4.69, 9.17) is 16.4 Å². The van der Waals surface area contributed by atoms with Gasteiger partial charge in [-0.2, -0.15) is 5.10 Å². The van der Waals surface area contributed by atoms with E-state index in [1.807, 2.05) is 13.1 Å². The largest absolute Gasteiger partial charge is 0.380 e. The van der Waals surface area contributed by atoms with Crippen LogP contribution >= 0.6 is 0 Å². The molecule has 0 atom stereocenters. The molecule has 5 heterocycles. The number of benzene rings is 1. The average molecular weight is 518 g/mol. The average Bonchev–Trinajstić information content (AvgIpc) is 3.24. The lowest BCUT2D eigenvalue weighted by Crippen LogP contribution is -2.67. The molecule has 0 radical (unpaired) electrons. The summed E-state index contributed by atoms with van der Waals surface area (Å²) in [6, 6.07) is 8.90. The fourth-order valence-corrected chi connectivity index (χ4v) is 6.71. The Balaban J connectivity index is 1.19. The highest BCUT2D eigenvalue weighted by molar-refractivity contribution is 5.92. The summed E-state index contributed by atoms with van der Waals surface area (Å²) in [5.74, 6) is 12.8. The summed E-state index contributed by atoms with van der Waals surface area (Å²) in [6.07, 6.45) is 3.88. The van der Waals surface area contributed by atoms with E-state index < -0.39 is 0 Å². The first kappa shape index (κ1) is 25.0. The summed E-state index contributed by atoms with van der Waals surface area (Å²) in [5.41, 5.74) is 7.71. The Hall–Kier alpha value is -3.30. The molecule has 3 saturated heterocycles. The molecule has 0 bridgehead atoms. The van der Waals surface area contributed by atoms with Crippen molar-refractivity contribution < 1.29 is 9.53 Å². The molecule has 0 unspecified atom stereocenters. The zero-order valence-electron chi connectivity index (χ0n) is 22.7. The van der Waals surface area contributed by atoms with Crippen molar-refractivity contribution in [2.45, 2.75) is 45.4 Å². The molecule has 3 aromatic rings. The summed E-state index contributed by atoms with van der Waals surface area (Å²) in [7, 11) is 0. The molecule has 6 rings (SSSR count). The van der Waals surface area contributed by atoms with Crippen LogP contribution in [0.5, 0.6) is 0 Å². The van der Waals surface area contributed by atoms with E-state index in [1.165, 1.54) is 21.2 Å². The molecule has 1 amide bonds. The topological polar surface area (TPSA) is 118 Å². The number of hydrogen-bond donors (Lipinski definition) is 3. The highest BCUT2D eigenvalue weighted by atomic mass is 16.5. The maximum absolute atomic E-state index is 12.9. The predicted octanol–water partition coefficient (Wildman–Crippen LogP) is 2.59. The van der Waals surface area contributed by atoms with Crippen LogP contribution in [0.4, 0.5) is 0 Å². The number of H-pyrrole nitrogens is 1. The van der Waals surface area contributed by atoms with Crippen molar-refractivity contribution in [2.24, 2.45) is 16.4 Å². The number of nitrogens with zero attached hydrogens (tertiary/aromatic N) is 4. The second-order valence-corrected chi connectivity index (χ2v) is 11.9. The summed E-state index contributed by atoms with van der Waals surface area (Å²) < 4.78 is 6.84. The summed E-state index contributed by atoms with van der Waals surface area (Å²) in [5, 5.41) is 5.07. The van der Waals surface area contributed by atoms with Crippen LogP contribution in [-0.4, -0.2) is 71.3 Å². The smallest absolute Gasteiger partial charge is 0.236 e. The Bertz CT molecular complexity index is 1410. The first-order chi connectivity index (χ1) is 18.3. The molecule has 3 fully saturated rings. The van der Waals surface area contributed by atoms with Crippen LogP contribution in [0.1, 0.15) is 55.2 Å². The van der Waals surface area contributed by atoms with Crippen LogP contribution in [0.3, 0.4) is 0 Å². The van der Waals surface area contributed by atoms with Gasteiger partial charge in [-0.3, -0.25) is 14.4 Å². The Morgan fingerprint density at radius 3 is 2.55 bits per heavy atom. The van der Waals surface area contributed by atoms with Gasteiger partial charge in [0, 0.05) is 54.3 Å². The van der Waals surface area contributed by atoms with Gasteiger partial charge in [-0.1, -0.05) is 19.9 Å². The van der Waals surface area contributed by atoms with Gasteiger partial charge in [0.05, 0.1) is 25.5 Å². The maximum Gasteiger partial charge on any atom is 0.236 e. The number of aryl methyl sites for hydroxylation is 1. The number of ether oxygens (including phenoxy) is 1. The summed E-state index contributed by atoms with van der Waals surface area (Å²) in [6.45, 7) is 12.4. The van der Waals surface area contributed by atoms with E-state index in [-0.39, 0.29) is 5.91 Å². The van der Waals surface area contributed by atoms with Crippen molar-refractivity contribution in [1.29, 1.82) is 0 Å². The molecule has 1 aromatic carbocycles. The number of amides is 1. The van der Waals surface area contributed by atoms with Crippen molar-refractivity contribution in [3.8, 4) is 11.3 Å². The lowest BCUT2D eigenvalue weighted by atomic mass is 9.78. The predicted molar refractivity (Wildman–Crippen MR) is 149 cm³/mol. The minimum absolute atomic E-state index is 0.271. The Morgan fingerprint density at radius 2 is 1.95 bits per heavy atom. The van der Waals surface area contributed by atoms with Crippen molar-refractivity contribution in [1.82, 2.24) is 19.5 Å². The SMILES string of the molecule is Cc1cc(-c2[nH]c3ccc(C4CCN(C(=O)CN5CC6(COC6)C5)CC4)cc3c2C(C)C)cn(N)/c1=N\N. The van der Waals surface area contributed by atoms with Crippen LogP contribution in [0.15, 0.2) is 35.6 Å². The number of carbonyl (C=O) groups excluding carboxylic acids is 1. The zero-order valence-corrected chi connectivity index (χ0v) is 22.7. The minimum atomic E-state index is 0.271. The van der Waals surface area contributed by atoms with E-state index in [2.05, 4.69) is 58.0 Å². The number of hydrogen-bond acceptors (Lipinski definition) is 6. The quantitative estimate of drug-likeness (QED) is 0.355. The number of likely N-dealkylation sites (tertiary alicyclic amines) is 2. The molecular weight excluding hydrogens is 478 g/mol. The van der Waals surface area contributed by atoms with Gasteiger partial charge in [0.15, 0.2) is 5.49 Å². The number of nitrogens with one attached hydrogen (secondary N) is 1. The molecular formula is C29H39N7O2. The lowest BCUT2D eigenvalue weighted by Gasteiger charge is -2.55. The Kier molecular flexibility index (Phi) is 6.23. The first-order valence-corrected chi connectivity index (χ1v) is 13.7. The molecule has 0 saturated carbocycles. The third kappa shape index (κ3) is 4.27. The number of piperidine rings is 1. The van der Waals surface area contributed by atoms with Crippen LogP contribution in [0.2, 0.25) is 0 Å². The molecule has 1 spiro atoms. The van der Waals surface area contributed by atoms with Gasteiger partial charge in [0.1, 0.15) is 0 Å². The molecule has 202 valence electrons. The third-order valence-electron chi connectivity index (χ3n) is 8.71. The van der Waals surface area contributed by atoms with Crippen molar-refractivity contribution in [3.63, 3.8) is 0 Å². The number of aromatic amines is 1. The van der Waals surface area contributed by atoms with E-state index in [0.717, 1.165) is 74.6 Å². The highest BCUT2D eigenvalue weighted by Crippen LogP contribution is 2.39. The van der Waals surface area contributed by atoms with Gasteiger partial charge >= 0.3 is 0 Å². The van der Waals surface area contributed by atoms with Crippen molar-refractivity contribution in [3.05, 3.63) is 52.6 Å². The second kappa shape index (κ2) is 9.47. The van der Waals surface area contributed by atoms with Gasteiger partial charge in [-0.05, 0) is 66.5 Å². The van der Waals surface area contributed by atoms with E-state index in [9.17, 15) is 4.79 Å². The zero-order chi connectivity index (χ0) is 26.6. The minimum Gasteiger partial charge on any atom is -0.380 e. The fraction of sp³-hybridized carbons (Fsp3) is 0.517. The van der Waals surface area contributed by atoms with Gasteiger partial charge < -0.3 is 26.3 Å². The van der Waals surface area contributed by atoms with Crippen LogP contribution in [0.25, 0.3) is 22.2 Å². The van der Waals surface area contributed by atoms with Gasteiger partial charge in [-0.15, -0.1) is 0 Å². The standard InChI is InChI=1S/C29H39N7O2/c1-18(2)26-23-11-21(4-5-24(23)32-27(26)22-10-19(3)28(33-30)36(31)12-22)20-6-8-35(9-7-20)25(37)13-34-14-29(15-34)16-38-17-29/h4-5,10-12,18,20,32H,6-9,13-17,30-31H2,1-3H3/b33-28-. The number of fused-ring (bicyclic) bond motifs is 1. The van der Waals surface area contributed by atoms with Gasteiger partial charge in [-0.25, -0.2) is 0 Å². The van der Waals surface area contributed by atoms with Crippen LogP contribution in [0, 0.1) is 12.3 Å². The normalized spacial score (nSPS) is 20.3. The van der Waals surface area contributed by atoms with Crippen molar-refractivity contribution in [2.75, 3.05) is 51.8 Å². The van der Waals surface area contributed by atoms with Crippen LogP contribution < -0.4 is 17.2 Å². The Morgan fingerprint density at radius 1 is 1.21 bits per heavy atom. The summed E-state index contributed by atoms with van der Waals surface area (Å²) in [4.78, 5) is 20.9.